The third-order valence-electron chi connectivity index (χ3n) is 5.93. The van der Waals surface area contributed by atoms with Crippen LogP contribution >= 0.6 is 11.3 Å². The van der Waals surface area contributed by atoms with Crippen LogP contribution in [0.2, 0.25) is 0 Å². The lowest BCUT2D eigenvalue weighted by molar-refractivity contribution is -0.133. The molecular formula is C20H23N5O2S. The van der Waals surface area contributed by atoms with Crippen LogP contribution in [-0.2, 0) is 22.6 Å². The van der Waals surface area contributed by atoms with Gasteiger partial charge in [-0.1, -0.05) is 35.6 Å². The molecule has 4 heterocycles. The van der Waals surface area contributed by atoms with Gasteiger partial charge in [0.2, 0.25) is 22.1 Å². The van der Waals surface area contributed by atoms with E-state index in [1.54, 1.807) is 4.90 Å². The van der Waals surface area contributed by atoms with E-state index in [1.807, 2.05) is 11.0 Å². The van der Waals surface area contributed by atoms with Crippen LogP contribution < -0.4 is 9.80 Å². The molecule has 1 atom stereocenters. The first-order valence-electron chi connectivity index (χ1n) is 9.97. The lowest BCUT2D eigenvalue weighted by Crippen LogP contribution is -2.47. The zero-order valence-electron chi connectivity index (χ0n) is 15.7. The fourth-order valence-corrected chi connectivity index (χ4v) is 5.40. The van der Waals surface area contributed by atoms with E-state index in [-0.39, 0.29) is 17.9 Å². The summed E-state index contributed by atoms with van der Waals surface area (Å²) in [5, 5.41) is 9.96. The van der Waals surface area contributed by atoms with Gasteiger partial charge in [-0.15, -0.1) is 10.2 Å². The molecule has 0 bridgehead atoms. The molecule has 5 rings (SSSR count). The number of anilines is 2. The van der Waals surface area contributed by atoms with Gasteiger partial charge in [0.25, 0.3) is 0 Å². The fraction of sp³-hybridized carbons (Fsp3) is 0.500. The summed E-state index contributed by atoms with van der Waals surface area (Å²) in [6.07, 6.45) is 4.17. The van der Waals surface area contributed by atoms with Crippen molar-refractivity contribution in [3.63, 3.8) is 0 Å². The van der Waals surface area contributed by atoms with Gasteiger partial charge in [-0.25, -0.2) is 0 Å². The second-order valence-electron chi connectivity index (χ2n) is 7.65. The van der Waals surface area contributed by atoms with Crippen LogP contribution in [0.4, 0.5) is 10.3 Å². The van der Waals surface area contributed by atoms with Crippen molar-refractivity contribution in [1.82, 2.24) is 15.1 Å². The summed E-state index contributed by atoms with van der Waals surface area (Å²) in [5.74, 6) is 0.296. The van der Waals surface area contributed by atoms with Crippen LogP contribution in [0.25, 0.3) is 0 Å². The molecule has 2 aromatic rings. The maximum atomic E-state index is 13.3. The van der Waals surface area contributed by atoms with E-state index in [0.717, 1.165) is 43.9 Å². The number of aromatic nitrogens is 2. The number of hydrogen-bond acceptors (Lipinski definition) is 6. The normalized spacial score (nSPS) is 22.1. The lowest BCUT2D eigenvalue weighted by Gasteiger charge is -2.33. The van der Waals surface area contributed by atoms with Crippen molar-refractivity contribution in [3.05, 3.63) is 35.4 Å². The van der Waals surface area contributed by atoms with Crippen LogP contribution in [0, 0.1) is 0 Å². The third kappa shape index (κ3) is 3.05. The van der Waals surface area contributed by atoms with Crippen molar-refractivity contribution < 1.29 is 9.59 Å². The average Bonchev–Trinajstić information content (AvgIpc) is 3.46. The van der Waals surface area contributed by atoms with Gasteiger partial charge in [0.1, 0.15) is 6.04 Å². The Morgan fingerprint density at radius 1 is 1.00 bits per heavy atom. The number of amides is 2. The van der Waals surface area contributed by atoms with Crippen LogP contribution in [0.1, 0.15) is 36.8 Å². The number of rotatable bonds is 3. The summed E-state index contributed by atoms with van der Waals surface area (Å²) in [4.78, 5) is 31.0. The van der Waals surface area contributed by atoms with E-state index >= 15 is 0 Å². The van der Waals surface area contributed by atoms with Crippen molar-refractivity contribution in [2.24, 2.45) is 0 Å². The van der Waals surface area contributed by atoms with Gasteiger partial charge in [0.15, 0.2) is 0 Å². The first kappa shape index (κ1) is 17.6. The molecule has 2 amide bonds. The standard InChI is InChI=1S/C20H23N5O2S/c26-17-8-4-11-25(17)20-22-21-19(28-20)24-10-3-7-16(24)18(27)23-12-9-14-5-1-2-6-15(14)13-23/h1-2,5-6,16H,3-4,7-13H2. The first-order chi connectivity index (χ1) is 13.7. The summed E-state index contributed by atoms with van der Waals surface area (Å²) in [5.41, 5.74) is 2.59. The summed E-state index contributed by atoms with van der Waals surface area (Å²) < 4.78 is 0. The zero-order chi connectivity index (χ0) is 19.1. The molecule has 1 aromatic carbocycles. The van der Waals surface area contributed by atoms with Gasteiger partial charge in [-0.2, -0.15) is 0 Å². The zero-order valence-corrected chi connectivity index (χ0v) is 16.5. The van der Waals surface area contributed by atoms with Gasteiger partial charge in [-0.05, 0) is 36.8 Å². The van der Waals surface area contributed by atoms with Gasteiger partial charge < -0.3 is 9.80 Å². The third-order valence-corrected chi connectivity index (χ3v) is 6.92. The van der Waals surface area contributed by atoms with Gasteiger partial charge >= 0.3 is 0 Å². The second kappa shape index (κ2) is 7.16. The number of benzene rings is 1. The van der Waals surface area contributed by atoms with Crippen LogP contribution in [0.15, 0.2) is 24.3 Å². The van der Waals surface area contributed by atoms with Crippen LogP contribution in [0.5, 0.6) is 0 Å². The molecule has 8 heteroatoms. The Labute approximate surface area is 168 Å². The molecule has 28 heavy (non-hydrogen) atoms. The molecule has 0 radical (unpaired) electrons. The van der Waals surface area contributed by atoms with Gasteiger partial charge in [0, 0.05) is 32.6 Å². The SMILES string of the molecule is O=C(C1CCCN1c1nnc(N2CCCC2=O)s1)N1CCc2ccccc2C1. The highest BCUT2D eigenvalue weighted by Gasteiger charge is 2.37. The van der Waals surface area contributed by atoms with Crippen molar-refractivity contribution in [2.45, 2.75) is 44.7 Å². The highest BCUT2D eigenvalue weighted by atomic mass is 32.1. The maximum Gasteiger partial charge on any atom is 0.245 e. The van der Waals surface area contributed by atoms with E-state index in [0.29, 0.717) is 24.6 Å². The average molecular weight is 398 g/mol. The Hall–Kier alpha value is -2.48. The molecule has 7 nitrogen and oxygen atoms in total. The van der Waals surface area contributed by atoms with Crippen molar-refractivity contribution in [1.29, 1.82) is 0 Å². The Morgan fingerprint density at radius 2 is 1.82 bits per heavy atom. The number of carbonyl (C=O) groups is 2. The second-order valence-corrected chi connectivity index (χ2v) is 8.58. The Kier molecular flexibility index (Phi) is 4.50. The van der Waals surface area contributed by atoms with Crippen LogP contribution in [-0.4, -0.2) is 52.6 Å². The molecule has 1 aromatic heterocycles. The Bertz CT molecular complexity index is 914. The Morgan fingerprint density at radius 3 is 2.64 bits per heavy atom. The molecular weight excluding hydrogens is 374 g/mol. The molecule has 146 valence electrons. The maximum absolute atomic E-state index is 13.3. The monoisotopic (exact) mass is 397 g/mol. The fourth-order valence-electron chi connectivity index (χ4n) is 4.43. The van der Waals surface area contributed by atoms with Gasteiger partial charge in [0.05, 0.1) is 0 Å². The summed E-state index contributed by atoms with van der Waals surface area (Å²) in [7, 11) is 0. The summed E-state index contributed by atoms with van der Waals surface area (Å²) in [6, 6.07) is 8.19. The van der Waals surface area contributed by atoms with E-state index in [1.165, 1.54) is 22.5 Å². The first-order valence-corrected chi connectivity index (χ1v) is 10.8. The molecule has 1 unspecified atom stereocenters. The Balaban J connectivity index is 1.32. The highest BCUT2D eigenvalue weighted by molar-refractivity contribution is 7.19. The van der Waals surface area contributed by atoms with Crippen molar-refractivity contribution in [3.8, 4) is 0 Å². The highest BCUT2D eigenvalue weighted by Crippen LogP contribution is 2.34. The van der Waals surface area contributed by atoms with E-state index in [4.69, 9.17) is 0 Å². The smallest absolute Gasteiger partial charge is 0.245 e. The molecule has 2 fully saturated rings. The summed E-state index contributed by atoms with van der Waals surface area (Å²) >= 11 is 1.43. The predicted octanol–water partition coefficient (Wildman–Crippen LogP) is 2.22. The number of hydrogen-bond donors (Lipinski definition) is 0. The minimum Gasteiger partial charge on any atom is -0.336 e. The van der Waals surface area contributed by atoms with E-state index in [2.05, 4.69) is 33.3 Å². The number of nitrogens with zero attached hydrogens (tertiary/aromatic N) is 5. The van der Waals surface area contributed by atoms with Gasteiger partial charge in [-0.3, -0.25) is 14.5 Å². The molecule has 0 aliphatic carbocycles. The summed E-state index contributed by atoms with van der Waals surface area (Å²) in [6.45, 7) is 2.97. The number of carbonyl (C=O) groups excluding carboxylic acids is 2. The van der Waals surface area contributed by atoms with E-state index in [9.17, 15) is 9.59 Å². The van der Waals surface area contributed by atoms with E-state index < -0.39 is 0 Å². The molecule has 2 saturated heterocycles. The lowest BCUT2D eigenvalue weighted by atomic mass is 9.99. The van der Waals surface area contributed by atoms with Crippen molar-refractivity contribution in [2.75, 3.05) is 29.4 Å². The largest absolute Gasteiger partial charge is 0.336 e. The molecule has 3 aliphatic heterocycles. The minimum absolute atomic E-state index is 0.115. The predicted molar refractivity (Wildman–Crippen MR) is 107 cm³/mol. The topological polar surface area (TPSA) is 69.6 Å². The quantitative estimate of drug-likeness (QED) is 0.794. The minimum atomic E-state index is -0.180. The molecule has 3 aliphatic rings. The van der Waals surface area contributed by atoms with Crippen molar-refractivity contribution >= 4 is 33.4 Å². The molecule has 0 N–H and O–H groups in total. The molecule has 0 saturated carbocycles. The van der Waals surface area contributed by atoms with Crippen LogP contribution in [0.3, 0.4) is 0 Å². The molecule has 0 spiro atoms. The number of fused-ring (bicyclic) bond motifs is 1.